The van der Waals surface area contributed by atoms with E-state index >= 15 is 0 Å². The van der Waals surface area contributed by atoms with Crippen LogP contribution in [0.25, 0.3) is 16.2 Å². The van der Waals surface area contributed by atoms with Crippen molar-refractivity contribution in [3.63, 3.8) is 0 Å². The van der Waals surface area contributed by atoms with Crippen molar-refractivity contribution in [2.24, 2.45) is 4.99 Å². The number of fused-ring (bicyclic) bond motifs is 3. The smallest absolute Gasteiger partial charge is 0.263 e. The SMILES string of the molecule is C=Cc1c(/N=C(\C)N(C)c2cc(F)ncn2)ccc2sc3c(c12)NC[C@@H](C)NC3=O. The molecule has 7 nitrogen and oxygen atoms in total. The molecule has 1 aliphatic rings. The first-order valence-electron chi connectivity index (χ1n) is 9.42. The lowest BCUT2D eigenvalue weighted by atomic mass is 10.1. The zero-order chi connectivity index (χ0) is 21.4. The minimum Gasteiger partial charge on any atom is -0.381 e. The van der Waals surface area contributed by atoms with E-state index in [4.69, 9.17) is 4.99 Å². The summed E-state index contributed by atoms with van der Waals surface area (Å²) in [5.74, 6) is 0.343. The van der Waals surface area contributed by atoms with Crippen LogP contribution in [0.5, 0.6) is 0 Å². The third-order valence-corrected chi connectivity index (χ3v) is 6.13. The third-order valence-electron chi connectivity index (χ3n) is 4.98. The number of carbonyl (C=O) groups excluding carboxylic acids is 1. The maximum atomic E-state index is 13.5. The number of carbonyl (C=O) groups is 1. The Hall–Kier alpha value is -3.33. The van der Waals surface area contributed by atoms with E-state index in [1.54, 1.807) is 18.0 Å². The molecule has 9 heteroatoms. The van der Waals surface area contributed by atoms with Crippen molar-refractivity contribution in [3.8, 4) is 0 Å². The van der Waals surface area contributed by atoms with E-state index in [1.807, 2.05) is 26.0 Å². The summed E-state index contributed by atoms with van der Waals surface area (Å²) in [7, 11) is 1.76. The molecule has 0 aliphatic carbocycles. The number of aliphatic imine (C=N–C) groups is 1. The fourth-order valence-electron chi connectivity index (χ4n) is 3.36. The third kappa shape index (κ3) is 3.52. The van der Waals surface area contributed by atoms with Gasteiger partial charge in [0.05, 0.1) is 11.4 Å². The van der Waals surface area contributed by atoms with Gasteiger partial charge in [-0.15, -0.1) is 11.3 Å². The first kappa shape index (κ1) is 20.0. The number of amides is 1. The molecule has 3 heterocycles. The number of hydrogen-bond acceptors (Lipinski definition) is 6. The summed E-state index contributed by atoms with van der Waals surface area (Å²) in [6, 6.07) is 5.13. The zero-order valence-electron chi connectivity index (χ0n) is 16.9. The van der Waals surface area contributed by atoms with Gasteiger partial charge < -0.3 is 15.5 Å². The molecule has 0 unspecified atom stereocenters. The molecule has 2 aromatic heterocycles. The first-order valence-corrected chi connectivity index (χ1v) is 10.2. The van der Waals surface area contributed by atoms with E-state index in [0.29, 0.717) is 28.8 Å². The maximum Gasteiger partial charge on any atom is 0.263 e. The zero-order valence-corrected chi connectivity index (χ0v) is 17.7. The standard InChI is InChI=1S/C21H21FN6OS/c1-5-13-14(27-12(3)28(4)17-8-16(22)24-10-25-17)6-7-15-18(13)19-20(30-15)21(29)26-11(2)9-23-19/h5-8,10-11,23H,1,9H2,2-4H3,(H,26,29)/b27-12+/t11-/m1/s1. The number of halogens is 1. The predicted molar refractivity (Wildman–Crippen MR) is 120 cm³/mol. The Bertz CT molecular complexity index is 1190. The van der Waals surface area contributed by atoms with Gasteiger partial charge in [0.25, 0.3) is 5.91 Å². The Kier molecular flexibility index (Phi) is 5.21. The Balaban J connectivity index is 1.81. The quantitative estimate of drug-likeness (QED) is 0.374. The molecule has 30 heavy (non-hydrogen) atoms. The molecule has 1 aliphatic heterocycles. The van der Waals surface area contributed by atoms with Crippen LogP contribution >= 0.6 is 11.3 Å². The van der Waals surface area contributed by atoms with Crippen LogP contribution in [-0.2, 0) is 0 Å². The average molecular weight is 425 g/mol. The number of nitrogens with one attached hydrogen (secondary N) is 2. The van der Waals surface area contributed by atoms with Crippen LogP contribution in [0, 0.1) is 5.95 Å². The Morgan fingerprint density at radius 2 is 2.23 bits per heavy atom. The summed E-state index contributed by atoms with van der Waals surface area (Å²) < 4.78 is 14.4. The average Bonchev–Trinajstić information content (AvgIpc) is 3.03. The Labute approximate surface area is 177 Å². The van der Waals surface area contributed by atoms with E-state index in [0.717, 1.165) is 21.3 Å². The number of hydrogen-bond donors (Lipinski definition) is 2. The predicted octanol–water partition coefficient (Wildman–Crippen LogP) is 4.20. The highest BCUT2D eigenvalue weighted by Gasteiger charge is 2.25. The highest BCUT2D eigenvalue weighted by atomic mass is 32.1. The normalized spacial score (nSPS) is 16.5. The second kappa shape index (κ2) is 7.83. The molecular formula is C21H21FN6OS. The summed E-state index contributed by atoms with van der Waals surface area (Å²) >= 11 is 1.45. The molecule has 1 aromatic carbocycles. The molecular weight excluding hydrogens is 403 g/mol. The fourth-order valence-corrected chi connectivity index (χ4v) is 4.45. The molecule has 0 fully saturated rings. The summed E-state index contributed by atoms with van der Waals surface area (Å²) in [4.78, 5) is 27.2. The van der Waals surface area contributed by atoms with Gasteiger partial charge in [0.15, 0.2) is 0 Å². The van der Waals surface area contributed by atoms with Gasteiger partial charge in [-0.25, -0.2) is 15.0 Å². The molecule has 0 bridgehead atoms. The second-order valence-electron chi connectivity index (χ2n) is 7.05. The summed E-state index contributed by atoms with van der Waals surface area (Å²) in [6.45, 7) is 8.39. The van der Waals surface area contributed by atoms with Gasteiger partial charge in [0.2, 0.25) is 5.95 Å². The van der Waals surface area contributed by atoms with E-state index in [-0.39, 0.29) is 11.9 Å². The first-order chi connectivity index (χ1) is 14.4. The van der Waals surface area contributed by atoms with Crippen molar-refractivity contribution in [2.75, 3.05) is 23.8 Å². The topological polar surface area (TPSA) is 82.5 Å². The summed E-state index contributed by atoms with van der Waals surface area (Å²) in [5.41, 5.74) is 2.35. The molecule has 0 spiro atoms. The number of anilines is 2. The van der Waals surface area contributed by atoms with E-state index in [9.17, 15) is 9.18 Å². The lowest BCUT2D eigenvalue weighted by Gasteiger charge is -2.18. The van der Waals surface area contributed by atoms with Crippen LogP contribution in [0.3, 0.4) is 0 Å². The van der Waals surface area contributed by atoms with Crippen LogP contribution in [0.2, 0.25) is 0 Å². The summed E-state index contributed by atoms with van der Waals surface area (Å²) in [5, 5.41) is 7.32. The van der Waals surface area contributed by atoms with Crippen molar-refractivity contribution in [1.29, 1.82) is 0 Å². The highest BCUT2D eigenvalue weighted by molar-refractivity contribution is 7.21. The fraction of sp³-hybridized carbons (Fsp3) is 0.238. The molecule has 3 aromatic rings. The molecule has 2 N–H and O–H groups in total. The molecule has 0 saturated carbocycles. The van der Waals surface area contributed by atoms with Crippen molar-refractivity contribution in [3.05, 3.63) is 47.5 Å². The van der Waals surface area contributed by atoms with Crippen LogP contribution in [0.15, 0.2) is 36.1 Å². The van der Waals surface area contributed by atoms with Crippen molar-refractivity contribution >= 4 is 56.4 Å². The molecule has 0 saturated heterocycles. The molecule has 1 atom stereocenters. The van der Waals surface area contributed by atoms with E-state index in [2.05, 4.69) is 27.2 Å². The second-order valence-corrected chi connectivity index (χ2v) is 8.11. The Morgan fingerprint density at radius 3 is 2.97 bits per heavy atom. The lowest BCUT2D eigenvalue weighted by Crippen LogP contribution is -2.34. The number of aromatic nitrogens is 2. The minimum atomic E-state index is -0.604. The van der Waals surface area contributed by atoms with Crippen LogP contribution in [0.4, 0.5) is 21.6 Å². The minimum absolute atomic E-state index is 0.0321. The van der Waals surface area contributed by atoms with Gasteiger partial charge >= 0.3 is 0 Å². The largest absolute Gasteiger partial charge is 0.381 e. The van der Waals surface area contributed by atoms with Gasteiger partial charge in [0, 0.05) is 41.4 Å². The highest BCUT2D eigenvalue weighted by Crippen LogP contribution is 2.42. The number of rotatable bonds is 3. The number of nitrogens with zero attached hydrogens (tertiary/aromatic N) is 4. The maximum absolute atomic E-state index is 13.5. The molecule has 1 amide bonds. The van der Waals surface area contributed by atoms with Crippen molar-refractivity contribution < 1.29 is 9.18 Å². The van der Waals surface area contributed by atoms with E-state index < -0.39 is 5.95 Å². The van der Waals surface area contributed by atoms with Gasteiger partial charge in [-0.1, -0.05) is 12.7 Å². The van der Waals surface area contributed by atoms with Gasteiger partial charge in [0.1, 0.15) is 22.9 Å². The van der Waals surface area contributed by atoms with E-state index in [1.165, 1.54) is 23.7 Å². The number of benzene rings is 1. The number of amidine groups is 1. The van der Waals surface area contributed by atoms with Gasteiger partial charge in [-0.3, -0.25) is 4.79 Å². The van der Waals surface area contributed by atoms with Crippen LogP contribution < -0.4 is 15.5 Å². The summed E-state index contributed by atoms with van der Waals surface area (Å²) in [6.07, 6.45) is 2.92. The van der Waals surface area contributed by atoms with Crippen LogP contribution in [0.1, 0.15) is 29.1 Å². The van der Waals surface area contributed by atoms with Crippen molar-refractivity contribution in [2.45, 2.75) is 19.9 Å². The van der Waals surface area contributed by atoms with Gasteiger partial charge in [-0.2, -0.15) is 4.39 Å². The monoisotopic (exact) mass is 424 g/mol. The molecule has 154 valence electrons. The van der Waals surface area contributed by atoms with Crippen LogP contribution in [-0.4, -0.2) is 41.3 Å². The lowest BCUT2D eigenvalue weighted by molar-refractivity contribution is 0.0949. The van der Waals surface area contributed by atoms with Crippen molar-refractivity contribution in [1.82, 2.24) is 15.3 Å². The molecule has 0 radical (unpaired) electrons. The Morgan fingerprint density at radius 1 is 1.43 bits per heavy atom. The molecule has 4 rings (SSSR count). The van der Waals surface area contributed by atoms with Gasteiger partial charge in [-0.05, 0) is 26.0 Å². The number of thiophene rings is 1.